The van der Waals surface area contributed by atoms with E-state index in [2.05, 4.69) is 0 Å². The van der Waals surface area contributed by atoms with E-state index in [9.17, 15) is 27.6 Å². The van der Waals surface area contributed by atoms with Crippen molar-refractivity contribution in [2.75, 3.05) is 6.61 Å². The van der Waals surface area contributed by atoms with Crippen molar-refractivity contribution in [1.82, 2.24) is 0 Å². The van der Waals surface area contributed by atoms with Gasteiger partial charge in [-0.1, -0.05) is 56.2 Å². The molecule has 5 N–H and O–H groups in total. The highest BCUT2D eigenvalue weighted by Gasteiger charge is 2.26. The summed E-state index contributed by atoms with van der Waals surface area (Å²) in [7, 11) is -3.92. The van der Waals surface area contributed by atoms with Gasteiger partial charge in [0.2, 0.25) is 9.84 Å². The number of allylic oxidation sites excluding steroid dienone is 3. The first-order chi connectivity index (χ1) is 20.5. The molecule has 1 aromatic carbocycles. The van der Waals surface area contributed by atoms with E-state index in [0.717, 1.165) is 31.4 Å². The van der Waals surface area contributed by atoms with Gasteiger partial charge in [0.25, 0.3) is 0 Å². The van der Waals surface area contributed by atoms with Gasteiger partial charge in [0, 0.05) is 11.1 Å². The molecule has 1 heterocycles. The normalized spacial score (nSPS) is 14.8. The predicted molar refractivity (Wildman–Crippen MR) is 165 cm³/mol. The number of sulfone groups is 1. The van der Waals surface area contributed by atoms with Crippen LogP contribution < -0.4 is 0 Å². The van der Waals surface area contributed by atoms with Gasteiger partial charge in [-0.2, -0.15) is 0 Å². The van der Waals surface area contributed by atoms with Crippen LogP contribution in [0.4, 0.5) is 0 Å². The van der Waals surface area contributed by atoms with Crippen LogP contribution in [0, 0.1) is 6.92 Å². The molecule has 0 spiro atoms. The van der Waals surface area contributed by atoms with Crippen molar-refractivity contribution in [3.05, 3.63) is 75.9 Å². The van der Waals surface area contributed by atoms with Crippen LogP contribution in [0.5, 0.6) is 0 Å². The van der Waals surface area contributed by atoms with Crippen molar-refractivity contribution in [3.8, 4) is 0 Å². The largest absolute Gasteiger partial charge is 0.502 e. The molecule has 1 aliphatic rings. The molecule has 13 heteroatoms. The number of benzene rings is 1. The molecule has 0 amide bonds. The second-order valence-corrected chi connectivity index (χ2v) is 11.2. The van der Waals surface area contributed by atoms with Crippen LogP contribution in [0.2, 0.25) is 0 Å². The van der Waals surface area contributed by atoms with E-state index in [4.69, 9.17) is 30.3 Å². The van der Waals surface area contributed by atoms with E-state index in [-0.39, 0.29) is 11.0 Å². The first kappa shape index (κ1) is 41.9. The highest BCUT2D eigenvalue weighted by molar-refractivity contribution is 7.96. The van der Waals surface area contributed by atoms with Crippen LogP contribution in [0.3, 0.4) is 0 Å². The standard InChI is InChI=1S/C12H14O4S.C7H10O3.C7H12O3.C5H8O2/c1-3-4-11(12(13)14)17(15,16)10-7-5-9(2)6-8-10;1-5(7(8)9)2-3-6-4-10-6;1-2-3-4-5-6(8)7(9)10;1-3-4(2)5(6)7/h4-8H,3H2,1-2H3,(H,13,14);2,6H,3-4H2,1H3,(H,8,9);5,8H,2-4H2,1H3,(H,9,10);3H,1-2H3,(H,6,7)/b11-4+;5-2+;6-5-;4-3+. The number of carboxylic acid groups (broad SMARTS) is 4. The Bertz CT molecular complexity index is 1310. The summed E-state index contributed by atoms with van der Waals surface area (Å²) in [5.74, 6) is -4.92. The topological polar surface area (TPSA) is 216 Å². The lowest BCUT2D eigenvalue weighted by Crippen LogP contribution is -2.13. The number of carbonyl (C=O) groups is 4. The fourth-order valence-electron chi connectivity index (χ4n) is 2.60. The Labute approximate surface area is 258 Å². The molecule has 0 bridgehead atoms. The minimum Gasteiger partial charge on any atom is -0.502 e. The fraction of sp³-hybridized carbons (Fsp3) is 0.419. The summed E-state index contributed by atoms with van der Waals surface area (Å²) >= 11 is 0. The molecular weight excluding hydrogens is 596 g/mol. The van der Waals surface area contributed by atoms with Gasteiger partial charge < -0.3 is 30.3 Å². The smallest absolute Gasteiger partial charge is 0.370 e. The fourth-order valence-corrected chi connectivity index (χ4v) is 3.96. The van der Waals surface area contributed by atoms with Crippen molar-refractivity contribution in [2.45, 2.75) is 84.6 Å². The Balaban J connectivity index is 0. The molecule has 1 unspecified atom stereocenters. The molecule has 44 heavy (non-hydrogen) atoms. The second-order valence-electron chi connectivity index (χ2n) is 9.30. The summed E-state index contributed by atoms with van der Waals surface area (Å²) in [5, 5.41) is 42.2. The van der Waals surface area contributed by atoms with Gasteiger partial charge in [0.05, 0.1) is 17.6 Å². The molecule has 1 aromatic rings. The molecule has 2 rings (SSSR count). The van der Waals surface area contributed by atoms with Crippen molar-refractivity contribution in [1.29, 1.82) is 0 Å². The average molecular weight is 641 g/mol. The Morgan fingerprint density at radius 3 is 1.70 bits per heavy atom. The van der Waals surface area contributed by atoms with Gasteiger partial charge in [0.1, 0.15) is 0 Å². The summed E-state index contributed by atoms with van der Waals surface area (Å²) in [4.78, 5) is 40.4. The van der Waals surface area contributed by atoms with E-state index in [0.29, 0.717) is 24.0 Å². The Hall–Kier alpha value is -4.23. The third-order valence-electron chi connectivity index (χ3n) is 5.53. The molecule has 1 aliphatic heterocycles. The Morgan fingerprint density at radius 1 is 0.841 bits per heavy atom. The van der Waals surface area contributed by atoms with Gasteiger partial charge in [-0.15, -0.1) is 0 Å². The number of hydrogen-bond donors (Lipinski definition) is 5. The van der Waals surface area contributed by atoms with Crippen LogP contribution in [-0.2, 0) is 33.8 Å². The van der Waals surface area contributed by atoms with Gasteiger partial charge in [0.15, 0.2) is 10.7 Å². The zero-order valence-corrected chi connectivity index (χ0v) is 26.8. The lowest BCUT2D eigenvalue weighted by atomic mass is 10.2. The van der Waals surface area contributed by atoms with Gasteiger partial charge >= 0.3 is 23.9 Å². The Kier molecular flexibility index (Phi) is 21.3. The summed E-state index contributed by atoms with van der Waals surface area (Å²) in [6, 6.07) is 6.10. The van der Waals surface area contributed by atoms with Crippen LogP contribution in [0.25, 0.3) is 0 Å². The maximum absolute atomic E-state index is 12.0. The number of aliphatic carboxylic acids is 4. The van der Waals surface area contributed by atoms with Gasteiger partial charge in [-0.05, 0) is 71.6 Å². The molecule has 1 fully saturated rings. The lowest BCUT2D eigenvalue weighted by molar-refractivity contribution is -0.136. The van der Waals surface area contributed by atoms with Gasteiger partial charge in [-0.25, -0.2) is 27.6 Å². The van der Waals surface area contributed by atoms with Crippen LogP contribution in [0.1, 0.15) is 72.3 Å². The number of unbranched alkanes of at least 4 members (excludes halogenated alkanes) is 2. The molecule has 12 nitrogen and oxygen atoms in total. The van der Waals surface area contributed by atoms with Crippen molar-refractivity contribution >= 4 is 33.7 Å². The minimum atomic E-state index is -3.92. The number of ether oxygens (including phenoxy) is 1. The molecule has 0 aliphatic carbocycles. The van der Waals surface area contributed by atoms with E-state index in [1.807, 2.05) is 13.8 Å². The van der Waals surface area contributed by atoms with E-state index in [1.165, 1.54) is 24.3 Å². The third-order valence-corrected chi connectivity index (χ3v) is 7.35. The predicted octanol–water partition coefficient (Wildman–Crippen LogP) is 5.69. The summed E-state index contributed by atoms with van der Waals surface area (Å²) in [6.45, 7) is 11.1. The summed E-state index contributed by atoms with van der Waals surface area (Å²) in [5.41, 5.74) is 1.70. The maximum Gasteiger partial charge on any atom is 0.370 e. The highest BCUT2D eigenvalue weighted by Crippen LogP contribution is 2.20. The van der Waals surface area contributed by atoms with Crippen LogP contribution in [-0.4, -0.2) is 70.5 Å². The van der Waals surface area contributed by atoms with Crippen molar-refractivity contribution < 1.29 is 57.9 Å². The lowest BCUT2D eigenvalue weighted by Gasteiger charge is -2.05. The number of rotatable bonds is 12. The number of aryl methyl sites for hydroxylation is 1. The monoisotopic (exact) mass is 640 g/mol. The summed E-state index contributed by atoms with van der Waals surface area (Å²) < 4.78 is 29.0. The first-order valence-corrected chi connectivity index (χ1v) is 15.2. The SMILES string of the molecule is C/C(=C\CC1CO1)C(=O)O.C/C=C(\C)C(=O)O.CC/C=C(\C(=O)O)S(=O)(=O)c1ccc(C)cc1.CCCC/C=C(\O)C(=O)O. The second kappa shape index (κ2) is 22.3. The van der Waals surface area contributed by atoms with E-state index < -0.39 is 44.4 Å². The van der Waals surface area contributed by atoms with Crippen molar-refractivity contribution in [3.63, 3.8) is 0 Å². The molecule has 0 radical (unpaired) electrons. The minimum absolute atomic E-state index is 0.00481. The molecular formula is C31H44O12S. The molecule has 0 aromatic heterocycles. The number of epoxide rings is 1. The zero-order chi connectivity index (χ0) is 34.5. The average Bonchev–Trinajstić information content (AvgIpc) is 3.79. The maximum atomic E-state index is 12.0. The quantitative estimate of drug-likeness (QED) is 0.0805. The Morgan fingerprint density at radius 2 is 1.36 bits per heavy atom. The van der Waals surface area contributed by atoms with Crippen molar-refractivity contribution in [2.24, 2.45) is 0 Å². The third kappa shape index (κ3) is 19.1. The van der Waals surface area contributed by atoms with Crippen LogP contribution >= 0.6 is 0 Å². The number of hydrogen-bond acceptors (Lipinski definition) is 8. The van der Waals surface area contributed by atoms with Crippen LogP contribution in [0.15, 0.2) is 75.3 Å². The first-order valence-electron chi connectivity index (χ1n) is 13.7. The van der Waals surface area contributed by atoms with E-state index in [1.54, 1.807) is 52.0 Å². The summed E-state index contributed by atoms with van der Waals surface area (Å²) in [6.07, 6.45) is 9.71. The number of carboxylic acids is 4. The van der Waals surface area contributed by atoms with Gasteiger partial charge in [-0.3, -0.25) is 0 Å². The molecule has 246 valence electrons. The molecule has 0 saturated carbocycles. The number of aliphatic hydroxyl groups is 1. The molecule has 1 atom stereocenters. The highest BCUT2D eigenvalue weighted by atomic mass is 32.2. The zero-order valence-electron chi connectivity index (χ0n) is 25.9. The van der Waals surface area contributed by atoms with E-state index >= 15 is 0 Å². The number of aliphatic hydroxyl groups excluding tert-OH is 1. The molecule has 1 saturated heterocycles.